The van der Waals surface area contributed by atoms with Crippen LogP contribution in [0.4, 0.5) is 0 Å². The number of amides is 1. The van der Waals surface area contributed by atoms with Gasteiger partial charge in [-0.3, -0.25) is 4.79 Å². The van der Waals surface area contributed by atoms with E-state index in [2.05, 4.69) is 53.4 Å². The van der Waals surface area contributed by atoms with Crippen LogP contribution in [0.3, 0.4) is 0 Å². The molecule has 1 aliphatic heterocycles. The van der Waals surface area contributed by atoms with Crippen molar-refractivity contribution in [2.75, 3.05) is 6.54 Å². The van der Waals surface area contributed by atoms with Crippen molar-refractivity contribution >= 4 is 27.5 Å². The number of benzene rings is 2. The van der Waals surface area contributed by atoms with E-state index in [9.17, 15) is 4.79 Å². The van der Waals surface area contributed by atoms with Crippen molar-refractivity contribution in [3.63, 3.8) is 0 Å². The zero-order valence-corrected chi connectivity index (χ0v) is 17.2. The SMILES string of the molecule is O=C(CCCCc1nc2ccccc2s1)N1CCCC1CCc1ccccc1. The van der Waals surface area contributed by atoms with Crippen LogP contribution in [0.1, 0.15) is 49.1 Å². The number of nitrogens with zero attached hydrogens (tertiary/aromatic N) is 2. The number of hydrogen-bond donors (Lipinski definition) is 0. The normalized spacial score (nSPS) is 16.7. The molecule has 146 valence electrons. The largest absolute Gasteiger partial charge is 0.340 e. The van der Waals surface area contributed by atoms with Crippen LogP contribution in [-0.4, -0.2) is 28.4 Å². The third-order valence-electron chi connectivity index (χ3n) is 5.68. The van der Waals surface area contributed by atoms with E-state index >= 15 is 0 Å². The highest BCUT2D eigenvalue weighted by Gasteiger charge is 2.27. The maximum atomic E-state index is 12.7. The number of carbonyl (C=O) groups is 1. The van der Waals surface area contributed by atoms with Crippen molar-refractivity contribution in [3.8, 4) is 0 Å². The van der Waals surface area contributed by atoms with Crippen LogP contribution < -0.4 is 0 Å². The number of hydrogen-bond acceptors (Lipinski definition) is 3. The van der Waals surface area contributed by atoms with Gasteiger partial charge in [0, 0.05) is 19.0 Å². The van der Waals surface area contributed by atoms with Gasteiger partial charge in [-0.05, 0) is 62.6 Å². The first-order valence-corrected chi connectivity index (χ1v) is 11.3. The first-order valence-electron chi connectivity index (χ1n) is 10.5. The summed E-state index contributed by atoms with van der Waals surface area (Å²) in [5.74, 6) is 0.347. The van der Waals surface area contributed by atoms with Gasteiger partial charge in [-0.15, -0.1) is 11.3 Å². The minimum atomic E-state index is 0.347. The summed E-state index contributed by atoms with van der Waals surface area (Å²) in [7, 11) is 0. The Morgan fingerprint density at radius 3 is 2.71 bits per heavy atom. The van der Waals surface area contributed by atoms with E-state index in [1.807, 2.05) is 6.07 Å². The fourth-order valence-electron chi connectivity index (χ4n) is 4.17. The topological polar surface area (TPSA) is 33.2 Å². The summed E-state index contributed by atoms with van der Waals surface area (Å²) in [5.41, 5.74) is 2.47. The summed E-state index contributed by atoms with van der Waals surface area (Å²) in [5, 5.41) is 1.19. The first-order chi connectivity index (χ1) is 13.8. The van der Waals surface area contributed by atoms with E-state index in [1.54, 1.807) is 11.3 Å². The van der Waals surface area contributed by atoms with Crippen molar-refractivity contribution < 1.29 is 4.79 Å². The number of likely N-dealkylation sites (tertiary alicyclic amines) is 1. The summed E-state index contributed by atoms with van der Waals surface area (Å²) in [6, 6.07) is 19.3. The molecule has 1 atom stereocenters. The molecule has 2 heterocycles. The van der Waals surface area contributed by atoms with Crippen molar-refractivity contribution in [3.05, 3.63) is 65.2 Å². The lowest BCUT2D eigenvalue weighted by Gasteiger charge is -2.25. The molecule has 1 unspecified atom stereocenters. The van der Waals surface area contributed by atoms with E-state index < -0.39 is 0 Å². The summed E-state index contributed by atoms with van der Waals surface area (Å²) in [6.45, 7) is 0.941. The summed E-state index contributed by atoms with van der Waals surface area (Å²) < 4.78 is 1.26. The molecule has 3 aromatic rings. The number of para-hydroxylation sites is 1. The number of aromatic nitrogens is 1. The fraction of sp³-hybridized carbons (Fsp3) is 0.417. The molecule has 0 radical (unpaired) electrons. The van der Waals surface area contributed by atoms with Gasteiger partial charge < -0.3 is 4.90 Å². The maximum Gasteiger partial charge on any atom is 0.222 e. The van der Waals surface area contributed by atoms with Gasteiger partial charge in [0.1, 0.15) is 0 Å². The Balaban J connectivity index is 1.21. The number of unbranched alkanes of at least 4 members (excludes halogenated alkanes) is 1. The second-order valence-electron chi connectivity index (χ2n) is 7.69. The van der Waals surface area contributed by atoms with Crippen LogP contribution in [-0.2, 0) is 17.6 Å². The van der Waals surface area contributed by atoms with Crippen LogP contribution in [0.15, 0.2) is 54.6 Å². The predicted octanol–water partition coefficient (Wildman–Crippen LogP) is 5.63. The Hall–Kier alpha value is -2.20. The molecule has 1 saturated heterocycles. The van der Waals surface area contributed by atoms with E-state index in [1.165, 1.54) is 15.3 Å². The number of thiazole rings is 1. The highest BCUT2D eigenvalue weighted by atomic mass is 32.1. The number of fused-ring (bicyclic) bond motifs is 1. The summed E-state index contributed by atoms with van der Waals surface area (Å²) in [6.07, 6.45) is 8.09. The van der Waals surface area contributed by atoms with Gasteiger partial charge >= 0.3 is 0 Å². The zero-order valence-electron chi connectivity index (χ0n) is 16.3. The number of aryl methyl sites for hydroxylation is 2. The van der Waals surface area contributed by atoms with Crippen LogP contribution in [0.5, 0.6) is 0 Å². The van der Waals surface area contributed by atoms with Crippen molar-refractivity contribution in [2.45, 2.75) is 57.4 Å². The van der Waals surface area contributed by atoms with Crippen LogP contribution in [0.25, 0.3) is 10.2 Å². The lowest BCUT2D eigenvalue weighted by molar-refractivity contribution is -0.132. The maximum absolute atomic E-state index is 12.7. The molecule has 0 spiro atoms. The minimum absolute atomic E-state index is 0.347. The fourth-order valence-corrected chi connectivity index (χ4v) is 5.17. The summed E-state index contributed by atoms with van der Waals surface area (Å²) in [4.78, 5) is 19.6. The molecule has 1 aromatic heterocycles. The third-order valence-corrected chi connectivity index (χ3v) is 6.77. The van der Waals surface area contributed by atoms with E-state index in [-0.39, 0.29) is 0 Å². The lowest BCUT2D eigenvalue weighted by Crippen LogP contribution is -2.35. The van der Waals surface area contributed by atoms with Gasteiger partial charge in [-0.25, -0.2) is 4.98 Å². The Kier molecular flexibility index (Phi) is 6.38. The van der Waals surface area contributed by atoms with Crippen molar-refractivity contribution in [1.82, 2.24) is 9.88 Å². The average molecular weight is 393 g/mol. The first kappa shape index (κ1) is 19.1. The highest BCUT2D eigenvalue weighted by Crippen LogP contribution is 2.25. The van der Waals surface area contributed by atoms with Gasteiger partial charge in [0.05, 0.1) is 15.2 Å². The molecule has 4 rings (SSSR count). The van der Waals surface area contributed by atoms with E-state index in [0.717, 1.165) is 57.0 Å². The average Bonchev–Trinajstić information content (AvgIpc) is 3.36. The third kappa shape index (κ3) is 4.79. The van der Waals surface area contributed by atoms with Crippen LogP contribution in [0, 0.1) is 0 Å². The molecule has 0 aliphatic carbocycles. The molecular formula is C24H28N2OS. The Bertz CT molecular complexity index is 872. The summed E-state index contributed by atoms with van der Waals surface area (Å²) >= 11 is 1.78. The highest BCUT2D eigenvalue weighted by molar-refractivity contribution is 7.18. The molecule has 4 heteroatoms. The molecule has 2 aromatic carbocycles. The second kappa shape index (κ2) is 9.33. The van der Waals surface area contributed by atoms with Crippen molar-refractivity contribution in [2.24, 2.45) is 0 Å². The second-order valence-corrected chi connectivity index (χ2v) is 8.81. The smallest absolute Gasteiger partial charge is 0.222 e. The predicted molar refractivity (Wildman–Crippen MR) is 117 cm³/mol. The monoisotopic (exact) mass is 392 g/mol. The molecule has 1 fully saturated rings. The number of rotatable bonds is 8. The zero-order chi connectivity index (χ0) is 19.2. The molecule has 0 saturated carbocycles. The van der Waals surface area contributed by atoms with Crippen LogP contribution in [0.2, 0.25) is 0 Å². The van der Waals surface area contributed by atoms with Gasteiger partial charge in [0.15, 0.2) is 0 Å². The van der Waals surface area contributed by atoms with Gasteiger partial charge in [-0.2, -0.15) is 0 Å². The van der Waals surface area contributed by atoms with Gasteiger partial charge in [0.2, 0.25) is 5.91 Å². The van der Waals surface area contributed by atoms with Crippen LogP contribution >= 0.6 is 11.3 Å². The minimum Gasteiger partial charge on any atom is -0.340 e. The Morgan fingerprint density at radius 1 is 1.04 bits per heavy atom. The lowest BCUT2D eigenvalue weighted by atomic mass is 10.0. The van der Waals surface area contributed by atoms with Crippen molar-refractivity contribution in [1.29, 1.82) is 0 Å². The Labute approximate surface area is 171 Å². The van der Waals surface area contributed by atoms with E-state index in [0.29, 0.717) is 18.4 Å². The molecular weight excluding hydrogens is 364 g/mol. The molecule has 3 nitrogen and oxygen atoms in total. The quantitative estimate of drug-likeness (QED) is 0.465. The standard InChI is InChI=1S/C24H28N2OS/c27-24(15-7-6-14-23-25-21-12-4-5-13-22(21)28-23)26-18-8-11-20(26)17-16-19-9-2-1-3-10-19/h1-5,9-10,12-13,20H,6-8,11,14-18H2. The molecule has 0 N–H and O–H groups in total. The van der Waals surface area contributed by atoms with E-state index in [4.69, 9.17) is 4.98 Å². The number of carbonyl (C=O) groups excluding carboxylic acids is 1. The molecule has 1 aliphatic rings. The molecule has 0 bridgehead atoms. The molecule has 1 amide bonds. The molecule has 28 heavy (non-hydrogen) atoms. The van der Waals surface area contributed by atoms with Gasteiger partial charge in [-0.1, -0.05) is 42.5 Å². The van der Waals surface area contributed by atoms with Gasteiger partial charge in [0.25, 0.3) is 0 Å². The Morgan fingerprint density at radius 2 is 1.86 bits per heavy atom.